The smallest absolute Gasteiger partial charge is 0.335 e. The van der Waals surface area contributed by atoms with Gasteiger partial charge in [0, 0.05) is 28.4 Å². The number of aryl methyl sites for hydroxylation is 2. The molecule has 9 heteroatoms. The predicted octanol–water partition coefficient (Wildman–Crippen LogP) is 4.30. The second kappa shape index (κ2) is 8.62. The van der Waals surface area contributed by atoms with Crippen LogP contribution in [-0.2, 0) is 16.4 Å². The summed E-state index contributed by atoms with van der Waals surface area (Å²) in [5, 5.41) is 10.7. The standard InChI is InChI=1S/C20H19ClN2O4S2/c1-12-3-8-16(11-17(12)20(24)25)29(26,27)22-10-9-18-13(2)28-19(23-18)14-4-6-15(21)7-5-14/h3-8,11,22H,9-10H2,1-2H3,(H,24,25). The number of rotatable bonds is 7. The average Bonchev–Trinajstić information content (AvgIpc) is 3.03. The quantitative estimate of drug-likeness (QED) is 0.559. The maximum absolute atomic E-state index is 12.5. The van der Waals surface area contributed by atoms with Gasteiger partial charge in [-0.2, -0.15) is 0 Å². The number of sulfonamides is 1. The molecule has 0 bridgehead atoms. The second-order valence-electron chi connectivity index (χ2n) is 6.46. The molecule has 0 saturated heterocycles. The van der Waals surface area contributed by atoms with Crippen LogP contribution >= 0.6 is 22.9 Å². The summed E-state index contributed by atoms with van der Waals surface area (Å²) in [5.41, 5.74) is 2.24. The molecule has 2 aromatic carbocycles. The highest BCUT2D eigenvalue weighted by Gasteiger charge is 2.18. The van der Waals surface area contributed by atoms with Gasteiger partial charge in [-0.25, -0.2) is 22.9 Å². The minimum absolute atomic E-state index is 0.0316. The van der Waals surface area contributed by atoms with E-state index in [2.05, 4.69) is 9.71 Å². The molecule has 1 heterocycles. The van der Waals surface area contributed by atoms with Crippen LogP contribution in [0, 0.1) is 13.8 Å². The zero-order valence-corrected chi connectivity index (χ0v) is 18.2. The van der Waals surface area contributed by atoms with Gasteiger partial charge in [-0.3, -0.25) is 0 Å². The van der Waals surface area contributed by atoms with Gasteiger partial charge in [0.1, 0.15) is 5.01 Å². The topological polar surface area (TPSA) is 96.4 Å². The molecule has 0 atom stereocenters. The highest BCUT2D eigenvalue weighted by atomic mass is 35.5. The first-order valence-corrected chi connectivity index (χ1v) is 11.4. The van der Waals surface area contributed by atoms with Crippen LogP contribution in [0.4, 0.5) is 0 Å². The van der Waals surface area contributed by atoms with Crippen LogP contribution in [0.3, 0.4) is 0 Å². The van der Waals surface area contributed by atoms with Gasteiger partial charge >= 0.3 is 5.97 Å². The summed E-state index contributed by atoms with van der Waals surface area (Å²) in [5.74, 6) is -1.16. The summed E-state index contributed by atoms with van der Waals surface area (Å²) in [4.78, 5) is 16.8. The summed E-state index contributed by atoms with van der Waals surface area (Å²) in [6.45, 7) is 3.72. The Bertz CT molecular complexity index is 1160. The van der Waals surface area contributed by atoms with Gasteiger partial charge in [-0.05, 0) is 43.7 Å². The first-order valence-electron chi connectivity index (χ1n) is 8.73. The van der Waals surface area contributed by atoms with E-state index in [1.165, 1.54) is 29.5 Å². The number of carbonyl (C=O) groups is 1. The van der Waals surface area contributed by atoms with Gasteiger partial charge in [-0.1, -0.05) is 29.8 Å². The van der Waals surface area contributed by atoms with Crippen molar-refractivity contribution < 1.29 is 18.3 Å². The number of hydrogen-bond acceptors (Lipinski definition) is 5. The molecule has 1 aromatic heterocycles. The van der Waals surface area contributed by atoms with Crippen molar-refractivity contribution in [1.29, 1.82) is 0 Å². The molecule has 0 aliphatic rings. The summed E-state index contributed by atoms with van der Waals surface area (Å²) >= 11 is 7.46. The molecule has 0 radical (unpaired) electrons. The van der Waals surface area contributed by atoms with Crippen molar-refractivity contribution in [2.75, 3.05) is 6.54 Å². The van der Waals surface area contributed by atoms with Gasteiger partial charge in [0.25, 0.3) is 0 Å². The van der Waals surface area contributed by atoms with Crippen LogP contribution in [0.25, 0.3) is 10.6 Å². The van der Waals surface area contributed by atoms with E-state index in [0.717, 1.165) is 21.1 Å². The average molecular weight is 451 g/mol. The van der Waals surface area contributed by atoms with Gasteiger partial charge in [-0.15, -0.1) is 11.3 Å². The number of aromatic nitrogens is 1. The Kier molecular flexibility index (Phi) is 6.38. The summed E-state index contributed by atoms with van der Waals surface area (Å²) in [7, 11) is -3.82. The van der Waals surface area contributed by atoms with Crippen LogP contribution in [0.5, 0.6) is 0 Å². The molecule has 6 nitrogen and oxygen atoms in total. The van der Waals surface area contributed by atoms with Crippen LogP contribution in [0.2, 0.25) is 5.02 Å². The number of carboxylic acid groups (broad SMARTS) is 1. The van der Waals surface area contributed by atoms with Crippen molar-refractivity contribution in [3.8, 4) is 10.6 Å². The van der Waals surface area contributed by atoms with Gasteiger partial charge in [0.2, 0.25) is 10.0 Å². The summed E-state index contributed by atoms with van der Waals surface area (Å²) in [6.07, 6.45) is 0.423. The summed E-state index contributed by atoms with van der Waals surface area (Å²) in [6, 6.07) is 11.4. The van der Waals surface area contributed by atoms with E-state index in [0.29, 0.717) is 17.0 Å². The molecule has 0 unspecified atom stereocenters. The van der Waals surface area contributed by atoms with Gasteiger partial charge in [0.15, 0.2) is 0 Å². The highest BCUT2D eigenvalue weighted by molar-refractivity contribution is 7.89. The normalized spacial score (nSPS) is 11.6. The molecule has 3 aromatic rings. The second-order valence-corrected chi connectivity index (χ2v) is 9.87. The Labute approximate surface area is 178 Å². The van der Waals surface area contributed by atoms with Crippen LogP contribution in [0.1, 0.15) is 26.5 Å². The number of nitrogens with one attached hydrogen (secondary N) is 1. The maximum Gasteiger partial charge on any atom is 0.335 e. The lowest BCUT2D eigenvalue weighted by Gasteiger charge is -2.08. The lowest BCUT2D eigenvalue weighted by atomic mass is 10.1. The lowest BCUT2D eigenvalue weighted by Crippen LogP contribution is -2.26. The van der Waals surface area contributed by atoms with Crippen molar-refractivity contribution in [3.05, 3.63) is 69.2 Å². The molecule has 152 valence electrons. The molecular weight excluding hydrogens is 432 g/mol. The predicted molar refractivity (Wildman–Crippen MR) is 114 cm³/mol. The minimum atomic E-state index is -3.82. The Morgan fingerprint density at radius 3 is 2.52 bits per heavy atom. The van der Waals surface area contributed by atoms with Gasteiger partial charge < -0.3 is 5.11 Å². The van der Waals surface area contributed by atoms with E-state index in [1.54, 1.807) is 19.1 Å². The molecule has 0 saturated carbocycles. The minimum Gasteiger partial charge on any atom is -0.478 e. The number of thiazole rings is 1. The monoisotopic (exact) mass is 450 g/mol. The Morgan fingerprint density at radius 1 is 1.17 bits per heavy atom. The molecule has 2 N–H and O–H groups in total. The van der Waals surface area contributed by atoms with E-state index in [-0.39, 0.29) is 17.0 Å². The lowest BCUT2D eigenvalue weighted by molar-refractivity contribution is 0.0696. The molecule has 3 rings (SSSR count). The molecule has 0 fully saturated rings. The van der Waals surface area contributed by atoms with Crippen LogP contribution < -0.4 is 4.72 Å². The molecule has 0 spiro atoms. The third kappa shape index (κ3) is 5.02. The number of nitrogens with zero attached hydrogens (tertiary/aromatic N) is 1. The fraction of sp³-hybridized carbons (Fsp3) is 0.200. The van der Waals surface area contributed by atoms with E-state index in [4.69, 9.17) is 11.6 Å². The molecule has 29 heavy (non-hydrogen) atoms. The Morgan fingerprint density at radius 2 is 1.86 bits per heavy atom. The van der Waals surface area contributed by atoms with Crippen molar-refractivity contribution in [1.82, 2.24) is 9.71 Å². The number of carboxylic acids is 1. The first kappa shape index (κ1) is 21.4. The van der Waals surface area contributed by atoms with E-state index in [9.17, 15) is 18.3 Å². The number of hydrogen-bond donors (Lipinski definition) is 2. The van der Waals surface area contributed by atoms with Gasteiger partial charge in [0.05, 0.1) is 16.2 Å². The zero-order chi connectivity index (χ0) is 21.2. The van der Waals surface area contributed by atoms with Crippen molar-refractivity contribution in [2.45, 2.75) is 25.2 Å². The molecular formula is C20H19ClN2O4S2. The third-order valence-corrected chi connectivity index (χ3v) is 7.16. The van der Waals surface area contributed by atoms with Crippen LogP contribution in [-0.4, -0.2) is 31.0 Å². The Hall–Kier alpha value is -2.26. The Balaban J connectivity index is 1.70. The van der Waals surface area contributed by atoms with Crippen molar-refractivity contribution >= 4 is 38.9 Å². The maximum atomic E-state index is 12.5. The van der Waals surface area contributed by atoms with E-state index >= 15 is 0 Å². The molecule has 0 amide bonds. The SMILES string of the molecule is Cc1ccc(S(=O)(=O)NCCc2nc(-c3ccc(Cl)cc3)sc2C)cc1C(=O)O. The fourth-order valence-corrected chi connectivity index (χ4v) is 4.91. The number of benzene rings is 2. The van der Waals surface area contributed by atoms with Crippen molar-refractivity contribution in [3.63, 3.8) is 0 Å². The molecule has 0 aliphatic heterocycles. The first-order chi connectivity index (χ1) is 13.7. The number of aromatic carboxylic acids is 1. The third-order valence-electron chi connectivity index (χ3n) is 4.39. The van der Waals surface area contributed by atoms with Crippen LogP contribution in [0.15, 0.2) is 47.4 Å². The number of halogens is 1. The zero-order valence-electron chi connectivity index (χ0n) is 15.8. The molecule has 0 aliphatic carbocycles. The van der Waals surface area contributed by atoms with E-state index < -0.39 is 16.0 Å². The summed E-state index contributed by atoms with van der Waals surface area (Å²) < 4.78 is 27.6. The largest absolute Gasteiger partial charge is 0.478 e. The fourth-order valence-electron chi connectivity index (χ4n) is 2.76. The van der Waals surface area contributed by atoms with E-state index in [1.807, 2.05) is 19.1 Å². The highest BCUT2D eigenvalue weighted by Crippen LogP contribution is 2.28. The van der Waals surface area contributed by atoms with Crippen molar-refractivity contribution in [2.24, 2.45) is 0 Å².